The van der Waals surface area contributed by atoms with Gasteiger partial charge in [-0.2, -0.15) is 0 Å². The van der Waals surface area contributed by atoms with E-state index in [1.165, 1.54) is 24.0 Å². The molecule has 0 saturated heterocycles. The van der Waals surface area contributed by atoms with E-state index in [9.17, 15) is 0 Å². The second-order valence-electron chi connectivity index (χ2n) is 5.73. The van der Waals surface area contributed by atoms with Crippen LogP contribution >= 0.6 is 0 Å². The molecule has 1 aromatic carbocycles. The van der Waals surface area contributed by atoms with Crippen molar-refractivity contribution in [2.75, 3.05) is 39.3 Å². The number of aryl methyl sites for hydroxylation is 1. The molecule has 0 saturated carbocycles. The first kappa shape index (κ1) is 16.5. The highest BCUT2D eigenvalue weighted by Gasteiger charge is 2.19. The highest BCUT2D eigenvalue weighted by atomic mass is 16.5. The van der Waals surface area contributed by atoms with E-state index < -0.39 is 0 Å². The molecule has 0 amide bonds. The van der Waals surface area contributed by atoms with E-state index in [0.29, 0.717) is 6.10 Å². The van der Waals surface area contributed by atoms with E-state index in [0.717, 1.165) is 45.8 Å². The second kappa shape index (κ2) is 9.19. The van der Waals surface area contributed by atoms with E-state index in [4.69, 9.17) is 4.74 Å². The van der Waals surface area contributed by atoms with Gasteiger partial charge in [-0.15, -0.1) is 0 Å². The lowest BCUT2D eigenvalue weighted by Crippen LogP contribution is -2.33. The van der Waals surface area contributed by atoms with Crippen LogP contribution in [0.5, 0.6) is 0 Å². The summed E-state index contributed by atoms with van der Waals surface area (Å²) in [4.78, 5) is 2.44. The summed E-state index contributed by atoms with van der Waals surface area (Å²) in [5.74, 6) is 0. The molecule has 3 heteroatoms. The fourth-order valence-electron chi connectivity index (χ4n) is 3.06. The molecule has 1 N–H and O–H groups in total. The number of hydrogen-bond acceptors (Lipinski definition) is 3. The molecule has 21 heavy (non-hydrogen) atoms. The Balaban J connectivity index is 1.64. The molecule has 3 nitrogen and oxygen atoms in total. The largest absolute Gasteiger partial charge is 0.372 e. The van der Waals surface area contributed by atoms with Gasteiger partial charge in [-0.05, 0) is 43.5 Å². The smallest absolute Gasteiger partial charge is 0.0828 e. The maximum Gasteiger partial charge on any atom is 0.0828 e. The molecule has 118 valence electrons. The molecule has 1 aliphatic rings. The zero-order valence-corrected chi connectivity index (χ0v) is 13.6. The fraction of sp³-hybridized carbons (Fsp3) is 0.667. The Hall–Kier alpha value is -0.900. The van der Waals surface area contributed by atoms with Gasteiger partial charge in [0.15, 0.2) is 0 Å². The van der Waals surface area contributed by atoms with Crippen LogP contribution in [0, 0.1) is 0 Å². The van der Waals surface area contributed by atoms with E-state index in [2.05, 4.69) is 48.3 Å². The first-order valence-electron chi connectivity index (χ1n) is 8.47. The summed E-state index contributed by atoms with van der Waals surface area (Å²) in [6, 6.07) is 8.74. The van der Waals surface area contributed by atoms with Crippen molar-refractivity contribution in [3.05, 3.63) is 35.4 Å². The van der Waals surface area contributed by atoms with Gasteiger partial charge in [0.2, 0.25) is 0 Å². The molecule has 0 aliphatic heterocycles. The van der Waals surface area contributed by atoms with Crippen molar-refractivity contribution in [1.82, 2.24) is 10.2 Å². The molecule has 1 aliphatic carbocycles. The standard InChI is InChI=1S/C18H30N2O/c1-3-20(4-2)14-12-19-13-15-21-18-11-7-9-16-8-5-6-10-17(16)18/h5-6,8,10,18-19H,3-4,7,9,11-15H2,1-2H3. The molecule has 0 radical (unpaired) electrons. The van der Waals surface area contributed by atoms with Gasteiger partial charge in [0.1, 0.15) is 0 Å². The Morgan fingerprint density at radius 3 is 2.81 bits per heavy atom. The van der Waals surface area contributed by atoms with Crippen molar-refractivity contribution >= 4 is 0 Å². The summed E-state index contributed by atoms with van der Waals surface area (Å²) >= 11 is 0. The molecule has 0 aromatic heterocycles. The van der Waals surface area contributed by atoms with Crippen molar-refractivity contribution in [2.24, 2.45) is 0 Å². The van der Waals surface area contributed by atoms with Gasteiger partial charge < -0.3 is 15.0 Å². The normalized spacial score (nSPS) is 18.0. The van der Waals surface area contributed by atoms with Crippen molar-refractivity contribution in [1.29, 1.82) is 0 Å². The van der Waals surface area contributed by atoms with E-state index in [1.54, 1.807) is 0 Å². The molecule has 1 atom stereocenters. The van der Waals surface area contributed by atoms with E-state index >= 15 is 0 Å². The van der Waals surface area contributed by atoms with Crippen LogP contribution in [0.25, 0.3) is 0 Å². The third kappa shape index (κ3) is 5.10. The third-order valence-corrected chi connectivity index (χ3v) is 4.41. The highest BCUT2D eigenvalue weighted by molar-refractivity contribution is 5.31. The lowest BCUT2D eigenvalue weighted by molar-refractivity contribution is 0.0425. The Morgan fingerprint density at radius 2 is 2.00 bits per heavy atom. The lowest BCUT2D eigenvalue weighted by Gasteiger charge is -2.25. The quantitative estimate of drug-likeness (QED) is 0.708. The first-order chi connectivity index (χ1) is 10.3. The van der Waals surface area contributed by atoms with Crippen LogP contribution in [-0.2, 0) is 11.2 Å². The van der Waals surface area contributed by atoms with Crippen LogP contribution in [0.3, 0.4) is 0 Å². The molecule has 2 rings (SSSR count). The van der Waals surface area contributed by atoms with Gasteiger partial charge >= 0.3 is 0 Å². The van der Waals surface area contributed by atoms with Crippen molar-refractivity contribution in [2.45, 2.75) is 39.2 Å². The van der Waals surface area contributed by atoms with Gasteiger partial charge in [-0.3, -0.25) is 0 Å². The fourth-order valence-corrected chi connectivity index (χ4v) is 3.06. The van der Waals surface area contributed by atoms with Gasteiger partial charge in [-0.1, -0.05) is 38.1 Å². The Bertz CT molecular complexity index is 404. The lowest BCUT2D eigenvalue weighted by atomic mass is 9.89. The first-order valence-corrected chi connectivity index (χ1v) is 8.47. The monoisotopic (exact) mass is 290 g/mol. The zero-order valence-electron chi connectivity index (χ0n) is 13.6. The molecule has 0 spiro atoms. The number of hydrogen-bond donors (Lipinski definition) is 1. The van der Waals surface area contributed by atoms with Gasteiger partial charge in [-0.25, -0.2) is 0 Å². The zero-order chi connectivity index (χ0) is 14.9. The summed E-state index contributed by atoms with van der Waals surface area (Å²) in [5.41, 5.74) is 2.88. The van der Waals surface area contributed by atoms with E-state index in [-0.39, 0.29) is 0 Å². The van der Waals surface area contributed by atoms with Crippen LogP contribution in [0.2, 0.25) is 0 Å². The second-order valence-corrected chi connectivity index (χ2v) is 5.73. The molecule has 0 fully saturated rings. The minimum atomic E-state index is 0.305. The van der Waals surface area contributed by atoms with E-state index in [1.807, 2.05) is 0 Å². The highest BCUT2D eigenvalue weighted by Crippen LogP contribution is 2.31. The van der Waals surface area contributed by atoms with Crippen molar-refractivity contribution in [3.8, 4) is 0 Å². The molecular weight excluding hydrogens is 260 g/mol. The number of rotatable bonds is 9. The van der Waals surface area contributed by atoms with Crippen molar-refractivity contribution < 1.29 is 4.74 Å². The number of likely N-dealkylation sites (N-methyl/N-ethyl adjacent to an activating group) is 1. The summed E-state index contributed by atoms with van der Waals surface area (Å²) in [7, 11) is 0. The Kier molecular flexibility index (Phi) is 7.20. The predicted octanol–water partition coefficient (Wildman–Crippen LogP) is 3.01. The summed E-state index contributed by atoms with van der Waals surface area (Å²) in [5, 5.41) is 3.48. The summed E-state index contributed by atoms with van der Waals surface area (Å²) < 4.78 is 6.09. The van der Waals surface area contributed by atoms with Crippen LogP contribution in [0.1, 0.15) is 43.9 Å². The number of ether oxygens (including phenoxy) is 1. The average molecular weight is 290 g/mol. The average Bonchev–Trinajstić information content (AvgIpc) is 2.54. The molecular formula is C18H30N2O. The number of nitrogens with zero attached hydrogens (tertiary/aromatic N) is 1. The van der Waals surface area contributed by atoms with Crippen molar-refractivity contribution in [3.63, 3.8) is 0 Å². The van der Waals surface area contributed by atoms with Crippen LogP contribution in [0.4, 0.5) is 0 Å². The van der Waals surface area contributed by atoms with Crippen LogP contribution in [-0.4, -0.2) is 44.2 Å². The van der Waals surface area contributed by atoms with Gasteiger partial charge in [0, 0.05) is 19.6 Å². The van der Waals surface area contributed by atoms with Gasteiger partial charge in [0.25, 0.3) is 0 Å². The van der Waals surface area contributed by atoms with Crippen LogP contribution < -0.4 is 5.32 Å². The number of benzene rings is 1. The predicted molar refractivity (Wildman–Crippen MR) is 88.7 cm³/mol. The van der Waals surface area contributed by atoms with Crippen LogP contribution in [0.15, 0.2) is 24.3 Å². The molecule has 1 aromatic rings. The molecule has 0 bridgehead atoms. The summed E-state index contributed by atoms with van der Waals surface area (Å²) in [6.45, 7) is 10.6. The Morgan fingerprint density at radius 1 is 1.19 bits per heavy atom. The maximum atomic E-state index is 6.09. The summed E-state index contributed by atoms with van der Waals surface area (Å²) in [6.07, 6.45) is 3.92. The topological polar surface area (TPSA) is 24.5 Å². The third-order valence-electron chi connectivity index (χ3n) is 4.41. The molecule has 1 unspecified atom stereocenters. The maximum absolute atomic E-state index is 6.09. The van der Waals surface area contributed by atoms with Gasteiger partial charge in [0.05, 0.1) is 12.7 Å². The molecule has 0 heterocycles. The number of fused-ring (bicyclic) bond motifs is 1. The minimum absolute atomic E-state index is 0.305. The number of nitrogens with one attached hydrogen (secondary N) is 1. The minimum Gasteiger partial charge on any atom is -0.372 e. The Labute approximate surface area is 129 Å². The SMILES string of the molecule is CCN(CC)CCNCCOC1CCCc2ccccc21.